The Bertz CT molecular complexity index is 736. The van der Waals surface area contributed by atoms with Gasteiger partial charge in [-0.25, -0.2) is 4.79 Å². The second-order valence-corrected chi connectivity index (χ2v) is 6.60. The van der Waals surface area contributed by atoms with Crippen molar-refractivity contribution in [2.75, 3.05) is 12.4 Å². The van der Waals surface area contributed by atoms with Gasteiger partial charge in [-0.1, -0.05) is 17.8 Å². The summed E-state index contributed by atoms with van der Waals surface area (Å²) in [6.45, 7) is 3.81. The number of dihydropyridines is 1. The minimum Gasteiger partial charge on any atom is -0.463 e. The number of thioether (sulfide) groups is 1. The summed E-state index contributed by atoms with van der Waals surface area (Å²) in [4.78, 5) is 13.3. The molecule has 0 spiro atoms. The van der Waals surface area contributed by atoms with Crippen LogP contribution in [0.5, 0.6) is 0 Å². The highest BCUT2D eigenvalue weighted by molar-refractivity contribution is 8.03. The predicted molar refractivity (Wildman–Crippen MR) is 90.2 cm³/mol. The molecule has 1 atom stereocenters. The summed E-state index contributed by atoms with van der Waals surface area (Å²) in [6.07, 6.45) is 0. The second kappa shape index (κ2) is 7.87. The Morgan fingerprint density at radius 2 is 2.30 bits per heavy atom. The molecule has 1 N–H and O–H groups in total. The van der Waals surface area contributed by atoms with Crippen LogP contribution in [0.2, 0.25) is 0 Å². The Kier molecular flexibility index (Phi) is 5.86. The number of allylic oxidation sites excluding steroid dienone is 2. The first-order chi connectivity index (χ1) is 11.1. The third-order valence-electron chi connectivity index (χ3n) is 3.25. The number of ether oxygens (including phenoxy) is 1. The van der Waals surface area contributed by atoms with E-state index in [2.05, 4.69) is 17.5 Å². The van der Waals surface area contributed by atoms with Crippen LogP contribution < -0.4 is 5.32 Å². The standard InChI is InChI=1S/C16H15N3O2S2/c1-3-21-16(20)13-10(2)19-15(23-8-6-17)11(9-18)14(13)12-5-4-7-22-12/h4-5,7,14,19H,3,8H2,1-2H3. The van der Waals surface area contributed by atoms with E-state index in [9.17, 15) is 10.1 Å². The van der Waals surface area contributed by atoms with Crippen molar-refractivity contribution < 1.29 is 9.53 Å². The minimum absolute atomic E-state index is 0.229. The molecule has 7 heteroatoms. The molecule has 0 radical (unpaired) electrons. The fourth-order valence-electron chi connectivity index (χ4n) is 2.35. The summed E-state index contributed by atoms with van der Waals surface area (Å²) in [5.41, 5.74) is 1.55. The first kappa shape index (κ1) is 17.1. The first-order valence-electron chi connectivity index (χ1n) is 6.96. The van der Waals surface area contributed by atoms with Gasteiger partial charge in [-0.3, -0.25) is 0 Å². The number of carbonyl (C=O) groups excluding carboxylic acids is 1. The molecule has 5 nitrogen and oxygen atoms in total. The number of rotatable bonds is 5. The summed E-state index contributed by atoms with van der Waals surface area (Å²) in [6, 6.07) is 8.04. The lowest BCUT2D eigenvalue weighted by Gasteiger charge is -2.28. The minimum atomic E-state index is -0.457. The van der Waals surface area contributed by atoms with E-state index in [4.69, 9.17) is 10.00 Å². The molecule has 0 bridgehead atoms. The molecule has 1 aromatic heterocycles. The van der Waals surface area contributed by atoms with Crippen LogP contribution in [-0.4, -0.2) is 18.3 Å². The molecule has 0 amide bonds. The Balaban J connectivity index is 2.54. The molecule has 1 aromatic rings. The van der Waals surface area contributed by atoms with Gasteiger partial charge in [0.25, 0.3) is 0 Å². The van der Waals surface area contributed by atoms with Crippen molar-refractivity contribution in [1.82, 2.24) is 5.32 Å². The highest BCUT2D eigenvalue weighted by Crippen LogP contribution is 2.42. The Labute approximate surface area is 143 Å². The number of carbonyl (C=O) groups is 1. The molecule has 2 rings (SSSR count). The quantitative estimate of drug-likeness (QED) is 0.824. The second-order valence-electron chi connectivity index (χ2n) is 4.63. The number of esters is 1. The van der Waals surface area contributed by atoms with Crippen molar-refractivity contribution in [3.8, 4) is 12.1 Å². The van der Waals surface area contributed by atoms with Crippen molar-refractivity contribution >= 4 is 29.1 Å². The van der Waals surface area contributed by atoms with E-state index in [1.54, 1.807) is 13.8 Å². The van der Waals surface area contributed by atoms with E-state index < -0.39 is 11.9 Å². The van der Waals surface area contributed by atoms with Crippen LogP contribution in [0.15, 0.2) is 39.4 Å². The van der Waals surface area contributed by atoms with Gasteiger partial charge in [0.2, 0.25) is 0 Å². The van der Waals surface area contributed by atoms with Crippen molar-refractivity contribution in [2.24, 2.45) is 0 Å². The number of hydrogen-bond acceptors (Lipinski definition) is 7. The van der Waals surface area contributed by atoms with Gasteiger partial charge in [0, 0.05) is 10.6 Å². The maximum Gasteiger partial charge on any atom is 0.336 e. The van der Waals surface area contributed by atoms with Gasteiger partial charge >= 0.3 is 5.97 Å². The summed E-state index contributed by atoms with van der Waals surface area (Å²) < 4.78 is 5.17. The van der Waals surface area contributed by atoms with Crippen LogP contribution in [0, 0.1) is 22.7 Å². The van der Waals surface area contributed by atoms with Crippen molar-refractivity contribution in [1.29, 1.82) is 10.5 Å². The van der Waals surface area contributed by atoms with Crippen molar-refractivity contribution in [3.05, 3.63) is 44.3 Å². The third kappa shape index (κ3) is 3.58. The van der Waals surface area contributed by atoms with Crippen LogP contribution in [-0.2, 0) is 9.53 Å². The fraction of sp³-hybridized carbons (Fsp3) is 0.312. The van der Waals surface area contributed by atoms with E-state index in [0.29, 0.717) is 21.9 Å². The number of thiophene rings is 1. The van der Waals surface area contributed by atoms with E-state index in [1.807, 2.05) is 17.5 Å². The number of nitrogens with one attached hydrogen (secondary N) is 1. The summed E-state index contributed by atoms with van der Waals surface area (Å²) >= 11 is 2.75. The lowest BCUT2D eigenvalue weighted by atomic mass is 9.87. The number of nitrogens with zero attached hydrogens (tertiary/aromatic N) is 2. The van der Waals surface area contributed by atoms with Crippen LogP contribution in [0.3, 0.4) is 0 Å². The Morgan fingerprint density at radius 1 is 1.52 bits per heavy atom. The summed E-state index contributed by atoms with van der Waals surface area (Å²) in [5.74, 6) is -0.651. The summed E-state index contributed by atoms with van der Waals surface area (Å²) in [7, 11) is 0. The topological polar surface area (TPSA) is 85.9 Å². The molecule has 0 fully saturated rings. The molecule has 118 valence electrons. The van der Waals surface area contributed by atoms with E-state index >= 15 is 0 Å². The van der Waals surface area contributed by atoms with Gasteiger partial charge in [0.05, 0.1) is 46.6 Å². The molecule has 23 heavy (non-hydrogen) atoms. The number of hydrogen-bond donors (Lipinski definition) is 1. The Morgan fingerprint density at radius 3 is 2.87 bits per heavy atom. The lowest BCUT2D eigenvalue weighted by molar-refractivity contribution is -0.138. The average molecular weight is 345 g/mol. The zero-order valence-electron chi connectivity index (χ0n) is 12.8. The molecular formula is C16H15N3O2S2. The van der Waals surface area contributed by atoms with Gasteiger partial charge in [-0.15, -0.1) is 11.3 Å². The molecular weight excluding hydrogens is 330 g/mol. The highest BCUT2D eigenvalue weighted by atomic mass is 32.2. The van der Waals surface area contributed by atoms with Gasteiger partial charge in [-0.05, 0) is 25.3 Å². The average Bonchev–Trinajstić information content (AvgIpc) is 3.06. The monoisotopic (exact) mass is 345 g/mol. The zero-order chi connectivity index (χ0) is 16.8. The van der Waals surface area contributed by atoms with Gasteiger partial charge < -0.3 is 10.1 Å². The molecule has 0 saturated carbocycles. The largest absolute Gasteiger partial charge is 0.463 e. The smallest absolute Gasteiger partial charge is 0.336 e. The molecule has 0 aromatic carbocycles. The van der Waals surface area contributed by atoms with Crippen molar-refractivity contribution in [2.45, 2.75) is 19.8 Å². The van der Waals surface area contributed by atoms with Crippen LogP contribution >= 0.6 is 23.1 Å². The maximum atomic E-state index is 12.4. The SMILES string of the molecule is CCOC(=O)C1=C(C)NC(SCC#N)=C(C#N)C1c1cccs1. The molecule has 1 aliphatic heterocycles. The lowest BCUT2D eigenvalue weighted by Crippen LogP contribution is -2.28. The predicted octanol–water partition coefficient (Wildman–Crippen LogP) is 3.26. The first-order valence-corrected chi connectivity index (χ1v) is 8.82. The van der Waals surface area contributed by atoms with Crippen LogP contribution in [0.25, 0.3) is 0 Å². The normalized spacial score (nSPS) is 17.3. The molecule has 0 aliphatic carbocycles. The zero-order valence-corrected chi connectivity index (χ0v) is 14.4. The van der Waals surface area contributed by atoms with Gasteiger partial charge in [0.1, 0.15) is 0 Å². The fourth-order valence-corrected chi connectivity index (χ4v) is 3.95. The Hall–Kier alpha value is -2.22. The highest BCUT2D eigenvalue weighted by Gasteiger charge is 2.35. The van der Waals surface area contributed by atoms with Gasteiger partial charge in [-0.2, -0.15) is 10.5 Å². The van der Waals surface area contributed by atoms with E-state index in [0.717, 1.165) is 4.88 Å². The summed E-state index contributed by atoms with van der Waals surface area (Å²) in [5, 5.41) is 24.0. The van der Waals surface area contributed by atoms with Crippen molar-refractivity contribution in [3.63, 3.8) is 0 Å². The third-order valence-corrected chi connectivity index (χ3v) is 5.07. The van der Waals surface area contributed by atoms with E-state index in [-0.39, 0.29) is 12.4 Å². The molecule has 1 aliphatic rings. The van der Waals surface area contributed by atoms with Crippen LogP contribution in [0.1, 0.15) is 24.6 Å². The number of nitriles is 2. The molecule has 2 heterocycles. The van der Waals surface area contributed by atoms with E-state index in [1.165, 1.54) is 23.1 Å². The van der Waals surface area contributed by atoms with Gasteiger partial charge in [0.15, 0.2) is 0 Å². The van der Waals surface area contributed by atoms with Crippen LogP contribution in [0.4, 0.5) is 0 Å². The molecule has 1 unspecified atom stereocenters. The molecule has 0 saturated heterocycles. The maximum absolute atomic E-state index is 12.4.